The lowest BCUT2D eigenvalue weighted by Crippen LogP contribution is -2.36. The maximum atomic E-state index is 11.2. The second-order valence-corrected chi connectivity index (χ2v) is 6.49. The van der Waals surface area contributed by atoms with Crippen LogP contribution in [0.4, 0.5) is 5.69 Å². The SMILES string of the molecule is CC1(C)CC(Oc2ccc(CO)cc2[N+](=O)[O-])C(C)(C)O1. The van der Waals surface area contributed by atoms with Crippen molar-refractivity contribution in [3.63, 3.8) is 0 Å². The molecule has 1 aromatic rings. The molecule has 1 aromatic carbocycles. The van der Waals surface area contributed by atoms with Gasteiger partial charge in [0.05, 0.1) is 17.1 Å². The van der Waals surface area contributed by atoms with E-state index in [0.717, 1.165) is 0 Å². The van der Waals surface area contributed by atoms with E-state index >= 15 is 0 Å². The highest BCUT2D eigenvalue weighted by Gasteiger charge is 2.48. The molecule has 0 radical (unpaired) electrons. The van der Waals surface area contributed by atoms with Crippen LogP contribution >= 0.6 is 0 Å². The topological polar surface area (TPSA) is 81.8 Å². The number of hydrogen-bond donors (Lipinski definition) is 1. The van der Waals surface area contributed by atoms with E-state index in [1.54, 1.807) is 6.07 Å². The van der Waals surface area contributed by atoms with Crippen molar-refractivity contribution in [2.24, 2.45) is 0 Å². The Balaban J connectivity index is 2.29. The van der Waals surface area contributed by atoms with Crippen molar-refractivity contribution in [2.75, 3.05) is 0 Å². The first-order valence-electron chi connectivity index (χ1n) is 6.90. The standard InChI is InChI=1S/C15H21NO5/c1-14(2)8-13(15(3,4)21-14)20-12-6-5-10(9-17)7-11(12)16(18)19/h5-7,13,17H,8-9H2,1-4H3. The molecule has 6 heteroatoms. The van der Waals surface area contributed by atoms with E-state index in [9.17, 15) is 10.1 Å². The van der Waals surface area contributed by atoms with Gasteiger partial charge in [0, 0.05) is 12.5 Å². The molecule has 116 valence electrons. The molecule has 1 N–H and O–H groups in total. The van der Waals surface area contributed by atoms with E-state index in [4.69, 9.17) is 14.6 Å². The number of nitro groups is 1. The van der Waals surface area contributed by atoms with E-state index in [-0.39, 0.29) is 29.7 Å². The minimum absolute atomic E-state index is 0.137. The minimum Gasteiger partial charge on any atom is -0.480 e. The third-order valence-corrected chi connectivity index (χ3v) is 3.66. The zero-order valence-electron chi connectivity index (χ0n) is 12.8. The third-order valence-electron chi connectivity index (χ3n) is 3.66. The Kier molecular flexibility index (Phi) is 3.95. The van der Waals surface area contributed by atoms with Crippen LogP contribution in [0.3, 0.4) is 0 Å². The number of aliphatic hydroxyl groups excluding tert-OH is 1. The van der Waals surface area contributed by atoms with Crippen LogP contribution in [-0.2, 0) is 11.3 Å². The molecule has 1 aliphatic heterocycles. The number of hydrogen-bond acceptors (Lipinski definition) is 5. The molecule has 1 unspecified atom stereocenters. The molecule has 0 aliphatic carbocycles. The third kappa shape index (κ3) is 3.33. The van der Waals surface area contributed by atoms with Crippen molar-refractivity contribution in [2.45, 2.75) is 58.0 Å². The van der Waals surface area contributed by atoms with Crippen molar-refractivity contribution in [3.05, 3.63) is 33.9 Å². The van der Waals surface area contributed by atoms with E-state index in [2.05, 4.69) is 0 Å². The molecule has 2 rings (SSSR count). The first kappa shape index (κ1) is 15.7. The molecule has 0 aromatic heterocycles. The monoisotopic (exact) mass is 295 g/mol. The summed E-state index contributed by atoms with van der Waals surface area (Å²) in [6.45, 7) is 7.54. The molecular formula is C15H21NO5. The van der Waals surface area contributed by atoms with Gasteiger partial charge in [-0.3, -0.25) is 10.1 Å². The van der Waals surface area contributed by atoms with Crippen LogP contribution in [-0.4, -0.2) is 27.3 Å². The van der Waals surface area contributed by atoms with Gasteiger partial charge in [0.15, 0.2) is 5.75 Å². The lowest BCUT2D eigenvalue weighted by Gasteiger charge is -2.27. The molecule has 1 saturated heterocycles. The first-order valence-corrected chi connectivity index (χ1v) is 6.90. The van der Waals surface area contributed by atoms with Gasteiger partial charge in [0.2, 0.25) is 0 Å². The van der Waals surface area contributed by atoms with Gasteiger partial charge in [-0.2, -0.15) is 0 Å². The summed E-state index contributed by atoms with van der Waals surface area (Å²) in [6, 6.07) is 4.49. The number of nitro benzene ring substituents is 1. The Morgan fingerprint density at radius 1 is 1.43 bits per heavy atom. The Morgan fingerprint density at radius 2 is 2.10 bits per heavy atom. The minimum atomic E-state index is -0.521. The first-order chi connectivity index (χ1) is 9.64. The molecule has 6 nitrogen and oxygen atoms in total. The molecule has 0 spiro atoms. The Hall–Kier alpha value is -1.66. The van der Waals surface area contributed by atoms with Crippen LogP contribution < -0.4 is 4.74 Å². The molecule has 0 saturated carbocycles. The molecule has 1 heterocycles. The zero-order valence-corrected chi connectivity index (χ0v) is 12.8. The predicted molar refractivity (Wildman–Crippen MR) is 77.3 cm³/mol. The van der Waals surface area contributed by atoms with E-state index in [1.165, 1.54) is 12.1 Å². The summed E-state index contributed by atoms with van der Waals surface area (Å²) in [4.78, 5) is 10.7. The fraction of sp³-hybridized carbons (Fsp3) is 0.600. The van der Waals surface area contributed by atoms with Crippen molar-refractivity contribution in [1.29, 1.82) is 0 Å². The Bertz CT molecular complexity index is 553. The Labute approximate surface area is 123 Å². The van der Waals surface area contributed by atoms with Crippen LogP contribution in [0.1, 0.15) is 39.7 Å². The molecule has 1 fully saturated rings. The fourth-order valence-electron chi connectivity index (χ4n) is 2.75. The summed E-state index contributed by atoms with van der Waals surface area (Å²) in [7, 11) is 0. The zero-order chi connectivity index (χ0) is 15.8. The van der Waals surface area contributed by atoms with E-state index < -0.39 is 10.5 Å². The number of benzene rings is 1. The van der Waals surface area contributed by atoms with Crippen LogP contribution in [0.15, 0.2) is 18.2 Å². The maximum absolute atomic E-state index is 11.2. The highest BCUT2D eigenvalue weighted by atomic mass is 16.6. The quantitative estimate of drug-likeness (QED) is 0.682. The van der Waals surface area contributed by atoms with Gasteiger partial charge in [-0.05, 0) is 39.3 Å². The lowest BCUT2D eigenvalue weighted by molar-refractivity contribution is -0.386. The number of nitrogens with zero attached hydrogens (tertiary/aromatic N) is 1. The second kappa shape index (κ2) is 5.27. The van der Waals surface area contributed by atoms with Gasteiger partial charge in [-0.1, -0.05) is 6.07 Å². The largest absolute Gasteiger partial charge is 0.480 e. The number of ether oxygens (including phenoxy) is 2. The van der Waals surface area contributed by atoms with Crippen molar-refractivity contribution >= 4 is 5.69 Å². The normalized spacial score (nSPS) is 23.0. The summed E-state index contributed by atoms with van der Waals surface area (Å²) in [5, 5.41) is 20.3. The van der Waals surface area contributed by atoms with Crippen molar-refractivity contribution < 1.29 is 19.5 Å². The average Bonchev–Trinajstić information content (AvgIpc) is 2.57. The maximum Gasteiger partial charge on any atom is 0.311 e. The van der Waals surface area contributed by atoms with Gasteiger partial charge in [-0.15, -0.1) is 0 Å². The molecule has 1 aliphatic rings. The highest BCUT2D eigenvalue weighted by molar-refractivity contribution is 5.48. The van der Waals surface area contributed by atoms with Gasteiger partial charge < -0.3 is 14.6 Å². The van der Waals surface area contributed by atoms with Gasteiger partial charge in [-0.25, -0.2) is 0 Å². The summed E-state index contributed by atoms with van der Waals surface area (Å²) in [5.74, 6) is 0.205. The molecule has 0 amide bonds. The van der Waals surface area contributed by atoms with Crippen LogP contribution in [0.25, 0.3) is 0 Å². The van der Waals surface area contributed by atoms with Gasteiger partial charge >= 0.3 is 5.69 Å². The molecule has 21 heavy (non-hydrogen) atoms. The predicted octanol–water partition coefficient (Wildman–Crippen LogP) is 2.81. The fourth-order valence-corrected chi connectivity index (χ4v) is 2.75. The van der Waals surface area contributed by atoms with Crippen LogP contribution in [0.2, 0.25) is 0 Å². The summed E-state index contributed by atoms with van der Waals surface area (Å²) in [5.41, 5.74) is -0.501. The van der Waals surface area contributed by atoms with E-state index in [0.29, 0.717) is 12.0 Å². The smallest absolute Gasteiger partial charge is 0.311 e. The van der Waals surface area contributed by atoms with Crippen LogP contribution in [0, 0.1) is 10.1 Å². The van der Waals surface area contributed by atoms with Gasteiger partial charge in [0.25, 0.3) is 0 Å². The summed E-state index contributed by atoms with van der Waals surface area (Å²) >= 11 is 0. The molecular weight excluding hydrogens is 274 g/mol. The van der Waals surface area contributed by atoms with E-state index in [1.807, 2.05) is 27.7 Å². The number of aliphatic hydroxyl groups is 1. The van der Waals surface area contributed by atoms with Crippen molar-refractivity contribution in [1.82, 2.24) is 0 Å². The average molecular weight is 295 g/mol. The van der Waals surface area contributed by atoms with Gasteiger partial charge in [0.1, 0.15) is 11.7 Å². The lowest BCUT2D eigenvalue weighted by atomic mass is 9.97. The molecule has 1 atom stereocenters. The second-order valence-electron chi connectivity index (χ2n) is 6.49. The number of rotatable bonds is 4. The molecule has 0 bridgehead atoms. The highest BCUT2D eigenvalue weighted by Crippen LogP contribution is 2.41. The summed E-state index contributed by atoms with van der Waals surface area (Å²) < 4.78 is 11.8. The summed E-state index contributed by atoms with van der Waals surface area (Å²) in [6.07, 6.45) is 0.380. The Morgan fingerprint density at radius 3 is 2.57 bits per heavy atom. The van der Waals surface area contributed by atoms with Crippen molar-refractivity contribution in [3.8, 4) is 5.75 Å². The van der Waals surface area contributed by atoms with Crippen LogP contribution in [0.5, 0.6) is 5.75 Å².